The van der Waals surface area contributed by atoms with E-state index in [1.807, 2.05) is 0 Å². The Morgan fingerprint density at radius 2 is 0.482 bits per heavy atom. The number of carbonyl (C=O) groups is 4. The second-order valence-corrected chi connectivity index (χ2v) is 36.8. The monoisotopic (exact) mass is 1610 g/mol. The van der Waals surface area contributed by atoms with Crippen molar-refractivity contribution in [3.63, 3.8) is 0 Å². The molecule has 5 atom stereocenters. The fraction of sp³-hybridized carbons (Fsp3) is 0.961. The zero-order valence-electron chi connectivity index (χ0n) is 79.1. The molecule has 0 saturated carbocycles. The largest absolute Gasteiger partial charge is 0.465 e. The van der Waals surface area contributed by atoms with Crippen molar-refractivity contribution in [1.82, 2.24) is 19.6 Å². The minimum Gasteiger partial charge on any atom is -0.465 e. The molecule has 0 rings (SSSR count). The van der Waals surface area contributed by atoms with E-state index in [9.17, 15) is 19.2 Å². The van der Waals surface area contributed by atoms with Crippen molar-refractivity contribution in [1.29, 1.82) is 0 Å². The van der Waals surface area contributed by atoms with E-state index in [0.717, 1.165) is 123 Å². The van der Waals surface area contributed by atoms with Gasteiger partial charge in [0.05, 0.1) is 13.2 Å². The zero-order chi connectivity index (χ0) is 83.5. The minimum absolute atomic E-state index is 0.0243. The number of hydrogen-bond acceptors (Lipinski definition) is 12. The average Bonchev–Trinajstić information content (AvgIpc) is 0.891. The first-order valence-corrected chi connectivity index (χ1v) is 51.1. The van der Waals surface area contributed by atoms with Crippen molar-refractivity contribution >= 4 is 23.9 Å². The van der Waals surface area contributed by atoms with E-state index in [0.29, 0.717) is 62.6 Å². The summed E-state index contributed by atoms with van der Waals surface area (Å²) in [7, 11) is 8.62. The summed E-state index contributed by atoms with van der Waals surface area (Å²) in [6.45, 7) is 27.7. The minimum atomic E-state index is -0.0583. The van der Waals surface area contributed by atoms with Crippen molar-refractivity contribution in [2.75, 3.05) is 93.8 Å². The smallest absolute Gasteiger partial charge is 0.306 e. The van der Waals surface area contributed by atoms with E-state index in [2.05, 4.69) is 103 Å². The molecular weight excluding hydrogens is 1410 g/mol. The van der Waals surface area contributed by atoms with Gasteiger partial charge in [-0.25, -0.2) is 0 Å². The standard InChI is InChI=1S/C102H202N4O8/c1-13-21-28-34-37-41-48-56-70-93(69-55-47-36-30-23-15-3)91-111-99(107)80-67-84-106(89-87-104(11)12)85-68-81-100(108)112-92-94(71-57-49-42-38-35-29-22-14-2)72-58-54-59-74-95(20-8)96(73-27-19-7)90-98(77-62-33-26-18-6)114-102(110)79-64-51-44-40-46-53-66-83-105(88-86-103(9)10)82-65-52-45-39-43-50-63-78-101(109)113-97(75-60-31-24-16-4)76-61-32-25-17-5/h93-98H,13-92H2,1-12H3. The van der Waals surface area contributed by atoms with Gasteiger partial charge in [0.1, 0.15) is 12.2 Å². The summed E-state index contributed by atoms with van der Waals surface area (Å²) >= 11 is 0. The highest BCUT2D eigenvalue weighted by atomic mass is 16.6. The van der Waals surface area contributed by atoms with Crippen LogP contribution in [0.2, 0.25) is 0 Å². The Balaban J connectivity index is 5.30. The predicted octanol–water partition coefficient (Wildman–Crippen LogP) is 29.6. The maximum absolute atomic E-state index is 13.7. The molecule has 0 aliphatic heterocycles. The number of hydrogen-bond donors (Lipinski definition) is 0. The summed E-state index contributed by atoms with van der Waals surface area (Å²) in [5, 5.41) is 0. The Hall–Kier alpha value is -2.28. The quantitative estimate of drug-likeness (QED) is 0.0328. The van der Waals surface area contributed by atoms with Crippen molar-refractivity contribution in [2.45, 2.75) is 517 Å². The molecular formula is C102H202N4O8. The van der Waals surface area contributed by atoms with Crippen LogP contribution in [0.4, 0.5) is 0 Å². The molecule has 12 heteroatoms. The third kappa shape index (κ3) is 77.1. The number of esters is 4. The number of ether oxygens (including phenoxy) is 4. The Morgan fingerprint density at radius 3 is 0.825 bits per heavy atom. The summed E-state index contributed by atoms with van der Waals surface area (Å²) in [6, 6.07) is 0. The van der Waals surface area contributed by atoms with E-state index in [-0.39, 0.29) is 36.1 Å². The van der Waals surface area contributed by atoms with Crippen molar-refractivity contribution in [2.24, 2.45) is 23.7 Å². The van der Waals surface area contributed by atoms with Crippen LogP contribution in [-0.4, -0.2) is 149 Å². The van der Waals surface area contributed by atoms with Gasteiger partial charge in [-0.15, -0.1) is 0 Å². The molecule has 0 saturated heterocycles. The Kier molecular flexibility index (Phi) is 85.3. The van der Waals surface area contributed by atoms with E-state index in [1.165, 1.54) is 353 Å². The van der Waals surface area contributed by atoms with Crippen LogP contribution >= 0.6 is 0 Å². The van der Waals surface area contributed by atoms with Gasteiger partial charge in [-0.1, -0.05) is 370 Å². The summed E-state index contributed by atoms with van der Waals surface area (Å²) in [6.07, 6.45) is 82.5. The summed E-state index contributed by atoms with van der Waals surface area (Å²) in [4.78, 5) is 63.0. The second kappa shape index (κ2) is 87.1. The first-order valence-electron chi connectivity index (χ1n) is 51.1. The van der Waals surface area contributed by atoms with Gasteiger partial charge in [0.15, 0.2) is 0 Å². The highest BCUT2D eigenvalue weighted by Crippen LogP contribution is 2.34. The number of nitrogens with zero attached hydrogens (tertiary/aromatic N) is 4. The molecule has 0 aromatic carbocycles. The predicted molar refractivity (Wildman–Crippen MR) is 494 cm³/mol. The summed E-state index contributed by atoms with van der Waals surface area (Å²) in [5.41, 5.74) is 0. The molecule has 0 bridgehead atoms. The van der Waals surface area contributed by atoms with Crippen LogP contribution in [0.3, 0.4) is 0 Å². The van der Waals surface area contributed by atoms with E-state index >= 15 is 0 Å². The second-order valence-electron chi connectivity index (χ2n) is 36.8. The van der Waals surface area contributed by atoms with Gasteiger partial charge in [0, 0.05) is 51.9 Å². The third-order valence-electron chi connectivity index (χ3n) is 25.1. The van der Waals surface area contributed by atoms with E-state index < -0.39 is 0 Å². The Morgan fingerprint density at radius 1 is 0.228 bits per heavy atom. The van der Waals surface area contributed by atoms with Crippen LogP contribution < -0.4 is 0 Å². The van der Waals surface area contributed by atoms with Gasteiger partial charge in [-0.3, -0.25) is 19.2 Å². The molecule has 0 N–H and O–H groups in total. The highest BCUT2D eigenvalue weighted by molar-refractivity contribution is 5.70. The van der Waals surface area contributed by atoms with Gasteiger partial charge in [0.25, 0.3) is 0 Å². The molecule has 0 spiro atoms. The Bertz CT molecular complexity index is 2000. The maximum atomic E-state index is 13.7. The first kappa shape index (κ1) is 112. The molecule has 12 nitrogen and oxygen atoms in total. The van der Waals surface area contributed by atoms with Crippen LogP contribution in [0.1, 0.15) is 505 Å². The van der Waals surface area contributed by atoms with Crippen molar-refractivity contribution < 1.29 is 38.1 Å². The first-order chi connectivity index (χ1) is 55.7. The molecule has 0 fully saturated rings. The van der Waals surface area contributed by atoms with Gasteiger partial charge in [0.2, 0.25) is 0 Å². The van der Waals surface area contributed by atoms with Crippen LogP contribution in [0, 0.1) is 23.7 Å². The molecule has 0 aliphatic rings. The molecule has 0 aromatic rings. The lowest BCUT2D eigenvalue weighted by atomic mass is 9.78. The number of unbranched alkanes of at least 4 members (excludes halogenated alkanes) is 43. The van der Waals surface area contributed by atoms with Crippen LogP contribution in [0.25, 0.3) is 0 Å². The van der Waals surface area contributed by atoms with Gasteiger partial charge in [-0.05, 0) is 187 Å². The Labute approximate surface area is 712 Å². The zero-order valence-corrected chi connectivity index (χ0v) is 79.1. The summed E-state index contributed by atoms with van der Waals surface area (Å²) in [5.74, 6) is 2.08. The third-order valence-corrected chi connectivity index (χ3v) is 25.1. The maximum Gasteiger partial charge on any atom is 0.306 e. The number of rotatable bonds is 93. The molecule has 0 aliphatic carbocycles. The lowest BCUT2D eigenvalue weighted by Gasteiger charge is -2.30. The normalized spacial score (nSPS) is 13.3. The fourth-order valence-electron chi connectivity index (χ4n) is 17.3. The molecule has 0 radical (unpaired) electrons. The van der Waals surface area contributed by atoms with Crippen LogP contribution in [-0.2, 0) is 38.1 Å². The van der Waals surface area contributed by atoms with Crippen molar-refractivity contribution in [3.05, 3.63) is 0 Å². The number of carbonyl (C=O) groups excluding carboxylic acids is 4. The average molecular weight is 1610 g/mol. The van der Waals surface area contributed by atoms with Crippen molar-refractivity contribution in [3.8, 4) is 0 Å². The van der Waals surface area contributed by atoms with Crippen LogP contribution in [0.5, 0.6) is 0 Å². The van der Waals surface area contributed by atoms with E-state index in [1.54, 1.807) is 0 Å². The molecule has 0 amide bonds. The highest BCUT2D eigenvalue weighted by Gasteiger charge is 2.27. The molecule has 114 heavy (non-hydrogen) atoms. The van der Waals surface area contributed by atoms with E-state index in [4.69, 9.17) is 18.9 Å². The fourth-order valence-corrected chi connectivity index (χ4v) is 17.3. The number of likely N-dealkylation sites (N-methyl/N-ethyl adjacent to an activating group) is 2. The topological polar surface area (TPSA) is 118 Å². The van der Waals surface area contributed by atoms with Gasteiger partial charge < -0.3 is 38.5 Å². The lowest BCUT2D eigenvalue weighted by molar-refractivity contribution is -0.151. The summed E-state index contributed by atoms with van der Waals surface area (Å²) < 4.78 is 24.8. The molecule has 0 heterocycles. The SMILES string of the molecule is CCCCCCCCCCC(CCCCCCCC)COC(=O)CCCN(CCCC(=O)OCC(CCCCCCCCCC)CCCCCC(CC)C(CCCC)CC(CCCCCC)OC(=O)CCCCCCCCCN(CCCCCCCCCC(=O)OC(CCCCCC)CCCCCC)CCN(C)C)CCN(C)C. The molecule has 0 aromatic heterocycles. The van der Waals surface area contributed by atoms with Crippen LogP contribution in [0.15, 0.2) is 0 Å². The van der Waals surface area contributed by atoms with Gasteiger partial charge >= 0.3 is 23.9 Å². The van der Waals surface area contributed by atoms with Gasteiger partial charge in [-0.2, -0.15) is 0 Å². The molecule has 678 valence electrons. The lowest BCUT2D eigenvalue weighted by Crippen LogP contribution is -2.34. The molecule has 5 unspecified atom stereocenters.